The predicted molar refractivity (Wildman–Crippen MR) is 187 cm³/mol. The molecule has 0 fully saturated rings. The summed E-state index contributed by atoms with van der Waals surface area (Å²) in [5, 5.41) is 0.418. The van der Waals surface area contributed by atoms with Gasteiger partial charge in [0.25, 0.3) is 5.78 Å². The summed E-state index contributed by atoms with van der Waals surface area (Å²) in [6, 6.07) is 0. The van der Waals surface area contributed by atoms with E-state index in [1.807, 2.05) is 0 Å². The van der Waals surface area contributed by atoms with Gasteiger partial charge in [-0.1, -0.05) is 48.0 Å². The second-order valence-electron chi connectivity index (χ2n) is 14.0. The smallest absolute Gasteiger partial charge is 0.417 e. The number of hydrogen-bond donors (Lipinski definition) is 0. The van der Waals surface area contributed by atoms with E-state index in [0.717, 1.165) is 47.2 Å². The summed E-state index contributed by atoms with van der Waals surface area (Å²) in [4.78, 5) is 65.8. The zero-order valence-corrected chi connectivity index (χ0v) is 34.2. The third-order valence-electron chi connectivity index (χ3n) is 8.40. The standard InChI is InChI=1S/C16H30O6Si.C13H28O3Si.C4H6O4/c1-16(2,3)23(6,7)22-11-9-8-10-12(14(18)20-4)13(17)15(19)21-5;1-13(2,3)17(5,6)16-11-9-7-8-10-12(14)15-4;1-7-3(5)4(6)8-2/h12H,8-11H2,1-7H3;7-11H2,1-6H3;1-2H3/t12-;;/m1../s1. The van der Waals surface area contributed by atoms with Gasteiger partial charge in [-0.05, 0) is 68.4 Å². The highest BCUT2D eigenvalue weighted by atomic mass is 28.4. The molecule has 48 heavy (non-hydrogen) atoms. The van der Waals surface area contributed by atoms with Gasteiger partial charge in [0.1, 0.15) is 5.92 Å². The van der Waals surface area contributed by atoms with Crippen LogP contribution in [-0.2, 0) is 61.3 Å². The van der Waals surface area contributed by atoms with Crippen LogP contribution in [0.25, 0.3) is 0 Å². The topological polar surface area (TPSA) is 167 Å². The van der Waals surface area contributed by atoms with Gasteiger partial charge in [-0.25, -0.2) is 14.4 Å². The van der Waals surface area contributed by atoms with Crippen LogP contribution in [-0.4, -0.2) is 101 Å². The van der Waals surface area contributed by atoms with Crippen molar-refractivity contribution in [1.29, 1.82) is 0 Å². The van der Waals surface area contributed by atoms with Crippen molar-refractivity contribution in [3.05, 3.63) is 0 Å². The molecule has 0 saturated carbocycles. The molecule has 0 spiro atoms. The number of Topliss-reactive ketones (excluding diaryl/α,β-unsaturated/α-hetero) is 1. The number of ketones is 1. The number of hydrogen-bond acceptors (Lipinski definition) is 13. The van der Waals surface area contributed by atoms with Crippen LogP contribution < -0.4 is 0 Å². The van der Waals surface area contributed by atoms with Crippen molar-refractivity contribution < 1.29 is 61.3 Å². The average molecular weight is 725 g/mol. The van der Waals surface area contributed by atoms with Crippen molar-refractivity contribution in [3.63, 3.8) is 0 Å². The maximum absolute atomic E-state index is 11.8. The first-order chi connectivity index (χ1) is 21.9. The van der Waals surface area contributed by atoms with Gasteiger partial charge in [0.2, 0.25) is 0 Å². The normalized spacial score (nSPS) is 12.1. The molecule has 1 atom stereocenters. The molecule has 0 aliphatic rings. The number of unbranched alkanes of at least 4 members (excludes halogenated alkanes) is 3. The van der Waals surface area contributed by atoms with E-state index in [0.29, 0.717) is 25.9 Å². The Morgan fingerprint density at radius 1 is 0.521 bits per heavy atom. The Labute approximate surface area is 290 Å². The summed E-state index contributed by atoms with van der Waals surface area (Å²) >= 11 is 0. The van der Waals surface area contributed by atoms with E-state index in [2.05, 4.69) is 91.4 Å². The van der Waals surface area contributed by atoms with E-state index in [-0.39, 0.29) is 22.5 Å². The SMILES string of the molecule is COC(=O)C(=O)OC.COC(=O)C(=O)[C@@H](CCCCO[Si](C)(C)C(C)(C)C)C(=O)OC.COC(=O)CCCCCO[Si](C)(C)C(C)(C)C. The van der Waals surface area contributed by atoms with Crippen molar-refractivity contribution >= 4 is 52.3 Å². The fourth-order valence-electron chi connectivity index (χ4n) is 3.10. The number of carbonyl (C=O) groups is 6. The van der Waals surface area contributed by atoms with Gasteiger partial charge in [-0.15, -0.1) is 0 Å². The number of methoxy groups -OCH3 is 5. The molecule has 0 aromatic carbocycles. The Kier molecular flexibility index (Phi) is 25.4. The van der Waals surface area contributed by atoms with E-state index in [1.54, 1.807) is 0 Å². The summed E-state index contributed by atoms with van der Waals surface area (Å²) in [5.74, 6) is -5.75. The lowest BCUT2D eigenvalue weighted by Crippen LogP contribution is -2.41. The molecular formula is C33H64O13Si2. The van der Waals surface area contributed by atoms with Gasteiger partial charge in [-0.2, -0.15) is 0 Å². The summed E-state index contributed by atoms with van der Waals surface area (Å²) in [7, 11) is 2.59. The van der Waals surface area contributed by atoms with E-state index < -0.39 is 52.2 Å². The van der Waals surface area contributed by atoms with Crippen molar-refractivity contribution in [3.8, 4) is 0 Å². The zero-order valence-electron chi connectivity index (χ0n) is 32.2. The molecule has 0 radical (unpaired) electrons. The van der Waals surface area contributed by atoms with Gasteiger partial charge < -0.3 is 32.5 Å². The Morgan fingerprint density at radius 2 is 0.917 bits per heavy atom. The first-order valence-electron chi connectivity index (χ1n) is 16.1. The molecular weight excluding hydrogens is 661 g/mol. The molecule has 15 heteroatoms. The van der Waals surface area contributed by atoms with Crippen LogP contribution in [0.15, 0.2) is 0 Å². The van der Waals surface area contributed by atoms with Crippen molar-refractivity contribution in [2.24, 2.45) is 5.92 Å². The molecule has 0 aliphatic carbocycles. The fourth-order valence-corrected chi connectivity index (χ4v) is 5.27. The molecule has 0 aromatic heterocycles. The highest BCUT2D eigenvalue weighted by molar-refractivity contribution is 6.74. The Morgan fingerprint density at radius 3 is 1.25 bits per heavy atom. The molecule has 0 rings (SSSR count). The van der Waals surface area contributed by atoms with E-state index in [9.17, 15) is 28.8 Å². The van der Waals surface area contributed by atoms with E-state index >= 15 is 0 Å². The summed E-state index contributed by atoms with van der Waals surface area (Å²) < 4.78 is 33.6. The highest BCUT2D eigenvalue weighted by Gasteiger charge is 2.38. The molecule has 0 unspecified atom stereocenters. The van der Waals surface area contributed by atoms with Gasteiger partial charge in [-0.3, -0.25) is 14.4 Å². The molecule has 0 aromatic rings. The number of rotatable bonds is 16. The molecule has 0 N–H and O–H groups in total. The Hall–Kier alpha value is -2.63. The van der Waals surface area contributed by atoms with Crippen LogP contribution >= 0.6 is 0 Å². The maximum atomic E-state index is 11.8. The molecule has 0 amide bonds. The van der Waals surface area contributed by atoms with E-state index in [1.165, 1.54) is 14.2 Å². The lowest BCUT2D eigenvalue weighted by Gasteiger charge is -2.36. The fraction of sp³-hybridized carbons (Fsp3) is 0.818. The minimum Gasteiger partial charge on any atom is -0.469 e. The first-order valence-corrected chi connectivity index (χ1v) is 21.9. The van der Waals surface area contributed by atoms with Crippen LogP contribution in [0.3, 0.4) is 0 Å². The lowest BCUT2D eigenvalue weighted by atomic mass is 9.97. The van der Waals surface area contributed by atoms with Crippen LogP contribution in [0.4, 0.5) is 0 Å². The molecule has 0 bridgehead atoms. The zero-order chi connectivity index (χ0) is 38.4. The molecule has 0 saturated heterocycles. The minimum atomic E-state index is -1.79. The number of carbonyl (C=O) groups excluding carboxylic acids is 6. The summed E-state index contributed by atoms with van der Waals surface area (Å²) in [6.07, 6.45) is 5.05. The predicted octanol–water partition coefficient (Wildman–Crippen LogP) is 5.78. The second-order valence-corrected chi connectivity index (χ2v) is 23.6. The van der Waals surface area contributed by atoms with Crippen molar-refractivity contribution in [2.45, 2.75) is 123 Å². The van der Waals surface area contributed by atoms with Gasteiger partial charge >= 0.3 is 29.8 Å². The van der Waals surface area contributed by atoms with Crippen molar-refractivity contribution in [2.75, 3.05) is 48.8 Å². The number of ether oxygens (including phenoxy) is 5. The lowest BCUT2D eigenvalue weighted by molar-refractivity contribution is -0.164. The Balaban J connectivity index is -0.000000707. The van der Waals surface area contributed by atoms with E-state index in [4.69, 9.17) is 8.85 Å². The monoisotopic (exact) mass is 724 g/mol. The molecule has 282 valence electrons. The van der Waals surface area contributed by atoms with Gasteiger partial charge in [0, 0.05) is 19.6 Å². The van der Waals surface area contributed by atoms with Crippen LogP contribution in [0.5, 0.6) is 0 Å². The summed E-state index contributed by atoms with van der Waals surface area (Å²) in [5.41, 5.74) is 0. The van der Waals surface area contributed by atoms with Crippen LogP contribution in [0.2, 0.25) is 36.3 Å². The molecule has 0 heterocycles. The highest BCUT2D eigenvalue weighted by Crippen LogP contribution is 2.37. The summed E-state index contributed by atoms with van der Waals surface area (Å²) in [6.45, 7) is 23.5. The molecule has 13 nitrogen and oxygen atoms in total. The van der Waals surface area contributed by atoms with Gasteiger partial charge in [0.15, 0.2) is 16.6 Å². The maximum Gasteiger partial charge on any atom is 0.417 e. The third-order valence-corrected chi connectivity index (χ3v) is 17.5. The second kappa shape index (κ2) is 24.5. The average Bonchev–Trinajstić information content (AvgIpc) is 3.01. The third kappa shape index (κ3) is 21.4. The van der Waals surface area contributed by atoms with Gasteiger partial charge in [0.05, 0.1) is 35.5 Å². The largest absolute Gasteiger partial charge is 0.469 e. The van der Waals surface area contributed by atoms with Crippen LogP contribution in [0.1, 0.15) is 86.5 Å². The Bertz CT molecular complexity index is 982. The first kappa shape index (κ1) is 49.8. The van der Waals surface area contributed by atoms with Crippen molar-refractivity contribution in [1.82, 2.24) is 0 Å². The minimum absolute atomic E-state index is 0.115. The van der Waals surface area contributed by atoms with Crippen LogP contribution in [0, 0.1) is 5.92 Å². The quantitative estimate of drug-likeness (QED) is 0.0470. The molecule has 0 aliphatic heterocycles. The number of esters is 5.